The van der Waals surface area contributed by atoms with Crippen molar-refractivity contribution in [1.82, 2.24) is 15.0 Å². The van der Waals surface area contributed by atoms with Gasteiger partial charge in [-0.25, -0.2) is 0 Å². The van der Waals surface area contributed by atoms with Crippen molar-refractivity contribution in [2.75, 3.05) is 6.61 Å². The highest BCUT2D eigenvalue weighted by Crippen LogP contribution is 2.28. The molecular weight excluding hydrogens is 258 g/mol. The molecule has 1 aromatic heterocycles. The number of ether oxygens (including phenoxy) is 1. The fourth-order valence-corrected chi connectivity index (χ4v) is 2.10. The Morgan fingerprint density at radius 1 is 1.40 bits per heavy atom. The molecule has 2 aromatic rings. The van der Waals surface area contributed by atoms with E-state index >= 15 is 0 Å². The summed E-state index contributed by atoms with van der Waals surface area (Å²) in [6.45, 7) is 2.13. The van der Waals surface area contributed by atoms with E-state index in [1.54, 1.807) is 49.1 Å². The lowest BCUT2D eigenvalue weighted by atomic mass is 9.92. The van der Waals surface area contributed by atoms with Crippen molar-refractivity contribution in [1.29, 1.82) is 0 Å². The van der Waals surface area contributed by atoms with Gasteiger partial charge in [-0.2, -0.15) is 0 Å². The molecule has 0 aliphatic rings. The molecule has 1 unspecified atom stereocenters. The molecule has 0 saturated carbocycles. The van der Waals surface area contributed by atoms with Gasteiger partial charge in [-0.05, 0) is 24.6 Å². The summed E-state index contributed by atoms with van der Waals surface area (Å²) in [4.78, 5) is 11.8. The highest BCUT2D eigenvalue weighted by Gasteiger charge is 2.22. The van der Waals surface area contributed by atoms with Crippen molar-refractivity contribution in [3.05, 3.63) is 41.7 Å². The Hall–Kier alpha value is -2.37. The second-order valence-corrected chi connectivity index (χ2v) is 4.44. The average molecular weight is 275 g/mol. The topological polar surface area (TPSA) is 77.2 Å². The number of hydrogen-bond donors (Lipinski definition) is 1. The molecule has 1 atom stereocenters. The molecule has 1 aromatic carbocycles. The van der Waals surface area contributed by atoms with Gasteiger partial charge < -0.3 is 9.84 Å². The van der Waals surface area contributed by atoms with Gasteiger partial charge in [0.15, 0.2) is 0 Å². The van der Waals surface area contributed by atoms with Crippen molar-refractivity contribution >= 4 is 5.97 Å². The number of benzene rings is 1. The van der Waals surface area contributed by atoms with Crippen molar-refractivity contribution in [3.8, 4) is 5.75 Å². The van der Waals surface area contributed by atoms with Gasteiger partial charge in [-0.1, -0.05) is 17.3 Å². The number of nitrogens with zero attached hydrogens (tertiary/aromatic N) is 3. The molecular formula is C14H17N3O3. The van der Waals surface area contributed by atoms with E-state index in [9.17, 15) is 9.90 Å². The minimum Gasteiger partial charge on any atom is -0.508 e. The number of esters is 1. The van der Waals surface area contributed by atoms with Crippen molar-refractivity contribution in [2.45, 2.75) is 19.3 Å². The zero-order valence-corrected chi connectivity index (χ0v) is 11.5. The van der Waals surface area contributed by atoms with Crippen LogP contribution in [0, 0.1) is 0 Å². The van der Waals surface area contributed by atoms with Crippen molar-refractivity contribution < 1.29 is 14.6 Å². The van der Waals surface area contributed by atoms with E-state index < -0.39 is 0 Å². The number of aryl methyl sites for hydroxylation is 1. The lowest BCUT2D eigenvalue weighted by Gasteiger charge is -2.16. The van der Waals surface area contributed by atoms with Gasteiger partial charge >= 0.3 is 5.97 Å². The van der Waals surface area contributed by atoms with E-state index in [2.05, 4.69) is 10.3 Å². The predicted molar refractivity (Wildman–Crippen MR) is 72.2 cm³/mol. The lowest BCUT2D eigenvalue weighted by Crippen LogP contribution is -2.14. The zero-order chi connectivity index (χ0) is 14.5. The third kappa shape index (κ3) is 3.14. The number of rotatable bonds is 5. The molecule has 2 rings (SSSR count). The molecule has 0 amide bonds. The fraction of sp³-hybridized carbons (Fsp3) is 0.357. The number of phenolic OH excluding ortho intramolecular Hbond substituents is 1. The zero-order valence-electron chi connectivity index (χ0n) is 11.5. The number of carbonyl (C=O) groups is 1. The SMILES string of the molecule is CCOC(=O)CC(c1ccc(O)cc1)c1cnnn1C. The summed E-state index contributed by atoms with van der Waals surface area (Å²) in [5.74, 6) is -0.284. The van der Waals surface area contributed by atoms with E-state index in [4.69, 9.17) is 4.74 Å². The Balaban J connectivity index is 2.31. The van der Waals surface area contributed by atoms with Crippen LogP contribution in [0.4, 0.5) is 0 Å². The van der Waals surface area contributed by atoms with Gasteiger partial charge in [0, 0.05) is 13.0 Å². The minimum absolute atomic E-state index is 0.187. The van der Waals surface area contributed by atoms with Gasteiger partial charge in [-0.3, -0.25) is 9.48 Å². The van der Waals surface area contributed by atoms with Gasteiger partial charge in [-0.15, -0.1) is 5.10 Å². The van der Waals surface area contributed by atoms with Crippen LogP contribution in [0.3, 0.4) is 0 Å². The number of aromatic hydroxyl groups is 1. The Morgan fingerprint density at radius 2 is 2.10 bits per heavy atom. The Labute approximate surface area is 117 Å². The summed E-state index contributed by atoms with van der Waals surface area (Å²) >= 11 is 0. The number of carbonyl (C=O) groups excluding carboxylic acids is 1. The largest absolute Gasteiger partial charge is 0.508 e. The highest BCUT2D eigenvalue weighted by molar-refractivity contribution is 5.71. The van der Waals surface area contributed by atoms with Crippen LogP contribution in [0.1, 0.15) is 30.5 Å². The van der Waals surface area contributed by atoms with Gasteiger partial charge in [0.1, 0.15) is 5.75 Å². The van der Waals surface area contributed by atoms with Gasteiger partial charge in [0.25, 0.3) is 0 Å². The summed E-state index contributed by atoms with van der Waals surface area (Å²) in [6.07, 6.45) is 1.84. The van der Waals surface area contributed by atoms with Crippen molar-refractivity contribution in [2.24, 2.45) is 7.05 Å². The average Bonchev–Trinajstić information content (AvgIpc) is 2.84. The number of aromatic nitrogens is 3. The van der Waals surface area contributed by atoms with Gasteiger partial charge in [0.05, 0.1) is 24.9 Å². The van der Waals surface area contributed by atoms with E-state index in [0.717, 1.165) is 11.3 Å². The highest BCUT2D eigenvalue weighted by atomic mass is 16.5. The van der Waals surface area contributed by atoms with E-state index in [-0.39, 0.29) is 24.1 Å². The van der Waals surface area contributed by atoms with Gasteiger partial charge in [0.2, 0.25) is 0 Å². The monoisotopic (exact) mass is 275 g/mol. The first-order valence-corrected chi connectivity index (χ1v) is 6.41. The molecule has 106 valence electrons. The maximum absolute atomic E-state index is 11.8. The molecule has 0 aliphatic heterocycles. The standard InChI is InChI=1S/C14H17N3O3/c1-3-20-14(19)8-12(13-9-15-16-17(13)2)10-4-6-11(18)7-5-10/h4-7,9,12,18H,3,8H2,1-2H3. The third-order valence-corrected chi connectivity index (χ3v) is 3.08. The minimum atomic E-state index is -0.272. The summed E-state index contributed by atoms with van der Waals surface area (Å²) in [7, 11) is 1.78. The first-order valence-electron chi connectivity index (χ1n) is 6.41. The summed E-state index contributed by atoms with van der Waals surface area (Å²) in [6, 6.07) is 6.76. The van der Waals surface area contributed by atoms with Crippen LogP contribution in [-0.4, -0.2) is 32.7 Å². The van der Waals surface area contributed by atoms with Crippen LogP contribution in [-0.2, 0) is 16.6 Å². The molecule has 0 fully saturated rings. The quantitative estimate of drug-likeness (QED) is 0.839. The van der Waals surface area contributed by atoms with E-state index in [1.165, 1.54) is 0 Å². The summed E-state index contributed by atoms with van der Waals surface area (Å²) in [5, 5.41) is 17.1. The Morgan fingerprint density at radius 3 is 2.65 bits per heavy atom. The molecule has 1 heterocycles. The van der Waals surface area contributed by atoms with Crippen molar-refractivity contribution in [3.63, 3.8) is 0 Å². The normalized spacial score (nSPS) is 12.1. The first-order chi connectivity index (χ1) is 9.61. The lowest BCUT2D eigenvalue weighted by molar-refractivity contribution is -0.143. The molecule has 6 nitrogen and oxygen atoms in total. The molecule has 0 saturated heterocycles. The van der Waals surface area contributed by atoms with Crippen LogP contribution in [0.15, 0.2) is 30.5 Å². The van der Waals surface area contributed by atoms with Crippen LogP contribution < -0.4 is 0 Å². The second-order valence-electron chi connectivity index (χ2n) is 4.44. The second kappa shape index (κ2) is 6.18. The maximum Gasteiger partial charge on any atom is 0.306 e. The Kier molecular flexibility index (Phi) is 4.34. The number of hydrogen-bond acceptors (Lipinski definition) is 5. The van der Waals surface area contributed by atoms with Crippen LogP contribution in [0.5, 0.6) is 5.75 Å². The fourth-order valence-electron chi connectivity index (χ4n) is 2.10. The Bertz CT molecular complexity index is 578. The van der Waals surface area contributed by atoms with Crippen LogP contribution in [0.2, 0.25) is 0 Å². The molecule has 20 heavy (non-hydrogen) atoms. The summed E-state index contributed by atoms with van der Waals surface area (Å²) < 4.78 is 6.65. The number of phenols is 1. The van der Waals surface area contributed by atoms with E-state index in [1.807, 2.05) is 0 Å². The molecule has 0 spiro atoms. The molecule has 0 radical (unpaired) electrons. The smallest absolute Gasteiger partial charge is 0.306 e. The molecule has 0 bridgehead atoms. The van der Waals surface area contributed by atoms with E-state index in [0.29, 0.717) is 6.61 Å². The molecule has 1 N–H and O–H groups in total. The first kappa shape index (κ1) is 14.0. The maximum atomic E-state index is 11.8. The molecule has 0 aliphatic carbocycles. The predicted octanol–water partition coefficient (Wildman–Crippen LogP) is 1.61. The third-order valence-electron chi connectivity index (χ3n) is 3.08. The summed E-state index contributed by atoms with van der Waals surface area (Å²) in [5.41, 5.74) is 1.73. The van der Waals surface area contributed by atoms with Crippen LogP contribution >= 0.6 is 0 Å². The molecule has 6 heteroatoms. The van der Waals surface area contributed by atoms with Crippen LogP contribution in [0.25, 0.3) is 0 Å².